The Morgan fingerprint density at radius 3 is 1.25 bits per heavy atom. The van der Waals surface area contributed by atoms with Crippen LogP contribution >= 0.6 is 19.5 Å². The zero-order valence-electron chi connectivity index (χ0n) is 20.5. The topological polar surface area (TPSA) is 22.1 Å². The third-order valence-corrected chi connectivity index (χ3v) is 12.6. The van der Waals surface area contributed by atoms with E-state index in [0.717, 1.165) is 0 Å². The molecule has 0 bridgehead atoms. The number of allylic oxidation sites excluding steroid dienone is 1. The quantitative estimate of drug-likeness (QED) is 0.191. The monoisotopic (exact) mass is 694 g/mol. The molecule has 1 rings (SSSR count). The molecule has 0 aromatic heterocycles. The fourth-order valence-corrected chi connectivity index (χ4v) is 11.4. The van der Waals surface area contributed by atoms with Crippen molar-refractivity contribution in [2.24, 2.45) is 4.99 Å². The van der Waals surface area contributed by atoms with E-state index in [1.54, 1.807) is 55.6 Å². The van der Waals surface area contributed by atoms with Crippen LogP contribution in [0.5, 0.6) is 0 Å². The summed E-state index contributed by atoms with van der Waals surface area (Å²) in [6.07, 6.45) is -18.8. The van der Waals surface area contributed by atoms with Crippen molar-refractivity contribution in [2.75, 3.05) is 39.3 Å². The van der Waals surface area contributed by atoms with Gasteiger partial charge in [0.1, 0.15) is 5.70 Å². The molecular weight excluding hydrogens is 664 g/mol. The lowest BCUT2D eigenvalue weighted by atomic mass is 10.0. The van der Waals surface area contributed by atoms with Crippen molar-refractivity contribution in [3.63, 3.8) is 0 Å². The minimum absolute atomic E-state index is 0. The van der Waals surface area contributed by atoms with Gasteiger partial charge >= 0.3 is 18.5 Å². The van der Waals surface area contributed by atoms with Crippen LogP contribution in [0.3, 0.4) is 0 Å². The summed E-state index contributed by atoms with van der Waals surface area (Å²) in [4.78, 5) is 2.50. The molecule has 214 valence electrons. The van der Waals surface area contributed by atoms with Crippen LogP contribution in [-0.4, -0.2) is 81.3 Å². The molecule has 4 nitrogen and oxygen atoms in total. The SMILES string of the molecule is CCN(CC)[P+](C1=N/C(=C(/F)C(F)(F)F)C(C(F)(F)F)(C(F)(F)F)S1)(N(CC)CC)N(CC)CC.[I-]. The first-order valence-electron chi connectivity index (χ1n) is 11.0. The zero-order valence-corrected chi connectivity index (χ0v) is 24.4. The van der Waals surface area contributed by atoms with Gasteiger partial charge in [-0.3, -0.25) is 0 Å². The number of rotatable bonds is 10. The smallest absolute Gasteiger partial charge is 0.444 e. The van der Waals surface area contributed by atoms with Crippen molar-refractivity contribution in [3.8, 4) is 0 Å². The minimum Gasteiger partial charge on any atom is -1.00 e. The molecule has 0 atom stereocenters. The molecule has 0 amide bonds. The maximum atomic E-state index is 14.4. The fraction of sp³-hybridized carbons (Fsp3) is 0.842. The van der Waals surface area contributed by atoms with E-state index in [4.69, 9.17) is 0 Å². The molecular formula is C19H30F10IN4PS. The summed E-state index contributed by atoms with van der Waals surface area (Å²) in [6.45, 7) is 10.8. The molecule has 0 aromatic carbocycles. The van der Waals surface area contributed by atoms with E-state index in [2.05, 4.69) is 4.99 Å². The molecule has 0 spiro atoms. The average molecular weight is 694 g/mol. The second-order valence-corrected chi connectivity index (χ2v) is 12.1. The largest absolute Gasteiger partial charge is 1.00 e. The highest BCUT2D eigenvalue weighted by atomic mass is 127. The first kappa shape index (κ1) is 36.1. The van der Waals surface area contributed by atoms with Crippen LogP contribution in [0, 0.1) is 0 Å². The Bertz CT molecular complexity index is 743. The standard InChI is InChI=1S/C19H30F10N4PS.HI/c1-7-31(8-2)34(32(9-3)10-4,33(11-5)12-6)15-30-14(13(20)17(21,22)23)16(35-15,18(24,25)26)19(27,28)29;/h7-12H2,1-6H3;1H/q+1;/p-1/b14-13+;. The maximum Gasteiger partial charge on any atom is 0.444 e. The van der Waals surface area contributed by atoms with E-state index in [1.165, 1.54) is 0 Å². The second-order valence-electron chi connectivity index (χ2n) is 7.32. The van der Waals surface area contributed by atoms with Crippen molar-refractivity contribution in [1.82, 2.24) is 14.0 Å². The van der Waals surface area contributed by atoms with Crippen LogP contribution in [0.25, 0.3) is 0 Å². The highest BCUT2D eigenvalue weighted by Crippen LogP contribution is 2.76. The van der Waals surface area contributed by atoms with Gasteiger partial charge in [-0.15, -0.1) is 14.0 Å². The molecule has 0 unspecified atom stereocenters. The van der Waals surface area contributed by atoms with Gasteiger partial charge in [-0.05, 0) is 53.3 Å². The Morgan fingerprint density at radius 1 is 0.722 bits per heavy atom. The van der Waals surface area contributed by atoms with Crippen molar-refractivity contribution in [1.29, 1.82) is 0 Å². The molecule has 17 heteroatoms. The number of aliphatic imine (C=N–C) groups is 1. The molecule has 1 heterocycles. The number of thioether (sulfide) groups is 1. The number of nitrogens with zero attached hydrogens (tertiary/aromatic N) is 4. The second kappa shape index (κ2) is 13.0. The Hall–Kier alpha value is 0.1000. The molecule has 1 aliphatic heterocycles. The minimum atomic E-state index is -6.33. The van der Waals surface area contributed by atoms with Crippen molar-refractivity contribution in [2.45, 2.75) is 64.8 Å². The van der Waals surface area contributed by atoms with Gasteiger partial charge in [0.25, 0.3) is 17.2 Å². The lowest BCUT2D eigenvalue weighted by Gasteiger charge is -2.45. The van der Waals surface area contributed by atoms with E-state index < -0.39 is 59.1 Å². The number of hydrogen-bond acceptors (Lipinski definition) is 5. The Labute approximate surface area is 226 Å². The summed E-state index contributed by atoms with van der Waals surface area (Å²) in [5, 5.41) is 0. The van der Waals surface area contributed by atoms with Gasteiger partial charge in [-0.1, -0.05) is 0 Å². The van der Waals surface area contributed by atoms with Gasteiger partial charge in [0.2, 0.25) is 5.83 Å². The predicted molar refractivity (Wildman–Crippen MR) is 120 cm³/mol. The first-order valence-corrected chi connectivity index (χ1v) is 13.4. The summed E-state index contributed by atoms with van der Waals surface area (Å²) >= 11 is -0.865. The van der Waals surface area contributed by atoms with Crippen LogP contribution in [-0.2, 0) is 0 Å². The summed E-state index contributed by atoms with van der Waals surface area (Å²) in [6, 6.07) is 0. The summed E-state index contributed by atoms with van der Waals surface area (Å²) in [5.41, 5.74) is -2.71. The third-order valence-electron chi connectivity index (χ3n) is 5.67. The highest BCUT2D eigenvalue weighted by molar-refractivity contribution is 8.29. The zero-order chi connectivity index (χ0) is 27.6. The van der Waals surface area contributed by atoms with E-state index in [-0.39, 0.29) is 63.2 Å². The molecule has 0 saturated heterocycles. The van der Waals surface area contributed by atoms with Crippen LogP contribution < -0.4 is 24.0 Å². The van der Waals surface area contributed by atoms with E-state index in [1.807, 2.05) is 0 Å². The fourth-order valence-electron chi connectivity index (χ4n) is 4.15. The third kappa shape index (κ3) is 5.97. The average Bonchev–Trinajstić information content (AvgIpc) is 3.16. The number of alkyl halides is 9. The summed E-state index contributed by atoms with van der Waals surface area (Å²) in [5.74, 6) is -3.51. The molecule has 0 aromatic rings. The molecule has 0 radical (unpaired) electrons. The van der Waals surface area contributed by atoms with Crippen molar-refractivity contribution in [3.05, 3.63) is 11.5 Å². The first-order chi connectivity index (χ1) is 15.9. The van der Waals surface area contributed by atoms with Crippen LogP contribution in [0.1, 0.15) is 41.5 Å². The molecule has 0 saturated carbocycles. The van der Waals surface area contributed by atoms with Crippen LogP contribution in [0.2, 0.25) is 0 Å². The Kier molecular flexibility index (Phi) is 13.0. The molecule has 0 N–H and O–H groups in total. The van der Waals surface area contributed by atoms with Crippen molar-refractivity contribution < 1.29 is 67.9 Å². The summed E-state index contributed by atoms with van der Waals surface area (Å²) in [7, 11) is -3.58. The lowest BCUT2D eigenvalue weighted by Crippen LogP contribution is -3.00. The van der Waals surface area contributed by atoms with Gasteiger partial charge in [0.15, 0.2) is 0 Å². The van der Waals surface area contributed by atoms with Crippen LogP contribution in [0.4, 0.5) is 43.9 Å². The van der Waals surface area contributed by atoms with Crippen molar-refractivity contribution >= 4 is 24.3 Å². The normalized spacial score (nSPS) is 18.7. The molecule has 36 heavy (non-hydrogen) atoms. The Balaban J connectivity index is 0.0000122. The number of hydrogen-bond donors (Lipinski definition) is 0. The lowest BCUT2D eigenvalue weighted by molar-refractivity contribution is -0.253. The van der Waals surface area contributed by atoms with E-state index in [0.29, 0.717) is 0 Å². The Morgan fingerprint density at radius 2 is 1.03 bits per heavy atom. The molecule has 0 aliphatic carbocycles. The maximum absolute atomic E-state index is 14.4. The van der Waals surface area contributed by atoms with Gasteiger partial charge < -0.3 is 24.0 Å². The number of halogens is 11. The molecule has 0 fully saturated rings. The van der Waals surface area contributed by atoms with Gasteiger partial charge in [-0.25, -0.2) is 4.99 Å². The van der Waals surface area contributed by atoms with Gasteiger partial charge in [0.05, 0.1) is 0 Å². The van der Waals surface area contributed by atoms with E-state index in [9.17, 15) is 43.9 Å². The highest BCUT2D eigenvalue weighted by Gasteiger charge is 2.81. The van der Waals surface area contributed by atoms with Gasteiger partial charge in [-0.2, -0.15) is 43.9 Å². The predicted octanol–water partition coefficient (Wildman–Crippen LogP) is 4.49. The van der Waals surface area contributed by atoms with E-state index >= 15 is 0 Å². The molecule has 1 aliphatic rings. The van der Waals surface area contributed by atoms with Crippen LogP contribution in [0.15, 0.2) is 16.5 Å². The summed E-state index contributed by atoms with van der Waals surface area (Å²) < 4.78 is 139. The van der Waals surface area contributed by atoms with Gasteiger partial charge in [0, 0.05) is 39.3 Å².